The monoisotopic (exact) mass is 312 g/mol. The van der Waals surface area contributed by atoms with Crippen molar-refractivity contribution >= 4 is 6.03 Å². The van der Waals surface area contributed by atoms with Gasteiger partial charge in [-0.3, -0.25) is 0 Å². The minimum absolute atomic E-state index is 0.188. The summed E-state index contributed by atoms with van der Waals surface area (Å²) in [5, 5.41) is 5.72. The van der Waals surface area contributed by atoms with E-state index in [2.05, 4.69) is 10.6 Å². The second kappa shape index (κ2) is 6.41. The minimum atomic E-state index is -0.230. The van der Waals surface area contributed by atoms with E-state index in [4.69, 9.17) is 0 Å². The van der Waals surface area contributed by atoms with Crippen molar-refractivity contribution in [1.29, 1.82) is 0 Å². The fourth-order valence-electron chi connectivity index (χ4n) is 2.78. The number of amides is 2. The van der Waals surface area contributed by atoms with Gasteiger partial charge in [-0.2, -0.15) is 0 Å². The van der Waals surface area contributed by atoms with Gasteiger partial charge in [0.1, 0.15) is 5.82 Å². The first-order valence-corrected chi connectivity index (χ1v) is 7.91. The van der Waals surface area contributed by atoms with Gasteiger partial charge in [-0.25, -0.2) is 9.18 Å². The molecule has 4 heteroatoms. The van der Waals surface area contributed by atoms with Crippen molar-refractivity contribution in [2.45, 2.75) is 31.7 Å². The number of carbonyl (C=O) groups excluding carboxylic acids is 1. The molecule has 1 saturated carbocycles. The molecule has 120 valence electrons. The van der Waals surface area contributed by atoms with Gasteiger partial charge in [-0.1, -0.05) is 48.0 Å². The maximum absolute atomic E-state index is 13.9. The SMILES string of the molecule is Cc1ccc(CNC(=O)NCC2(c3ccccc3F)CC2)cc1. The molecule has 0 aromatic heterocycles. The van der Waals surface area contributed by atoms with Crippen LogP contribution in [0.4, 0.5) is 9.18 Å². The van der Waals surface area contributed by atoms with Gasteiger partial charge >= 0.3 is 6.03 Å². The van der Waals surface area contributed by atoms with Crippen LogP contribution in [-0.2, 0) is 12.0 Å². The number of carbonyl (C=O) groups is 1. The second-order valence-corrected chi connectivity index (χ2v) is 6.28. The van der Waals surface area contributed by atoms with E-state index in [9.17, 15) is 9.18 Å². The Hall–Kier alpha value is -2.36. The van der Waals surface area contributed by atoms with E-state index in [1.54, 1.807) is 6.07 Å². The maximum Gasteiger partial charge on any atom is 0.315 e. The summed E-state index contributed by atoms with van der Waals surface area (Å²) >= 11 is 0. The normalized spacial score (nSPS) is 15.0. The predicted molar refractivity (Wildman–Crippen MR) is 88.7 cm³/mol. The molecule has 2 amide bonds. The molecule has 0 aliphatic heterocycles. The number of urea groups is 1. The van der Waals surface area contributed by atoms with Gasteiger partial charge in [0, 0.05) is 18.5 Å². The highest BCUT2D eigenvalue weighted by Gasteiger charge is 2.45. The number of nitrogens with one attached hydrogen (secondary N) is 2. The average molecular weight is 312 g/mol. The van der Waals surface area contributed by atoms with Gasteiger partial charge in [-0.05, 0) is 37.0 Å². The Balaban J connectivity index is 1.51. The topological polar surface area (TPSA) is 41.1 Å². The van der Waals surface area contributed by atoms with Crippen LogP contribution in [0.3, 0.4) is 0 Å². The standard InChI is InChI=1S/C19H21FN2O/c1-14-6-8-15(9-7-14)12-21-18(23)22-13-19(10-11-19)16-4-2-3-5-17(16)20/h2-9H,10-13H2,1H3,(H2,21,22,23). The highest BCUT2D eigenvalue weighted by Crippen LogP contribution is 2.48. The Labute approximate surface area is 135 Å². The van der Waals surface area contributed by atoms with Crippen LogP contribution >= 0.6 is 0 Å². The summed E-state index contributed by atoms with van der Waals surface area (Å²) in [6.45, 7) is 2.98. The Morgan fingerprint density at radius 3 is 2.43 bits per heavy atom. The molecule has 1 fully saturated rings. The van der Waals surface area contributed by atoms with Crippen molar-refractivity contribution < 1.29 is 9.18 Å². The zero-order valence-corrected chi connectivity index (χ0v) is 13.2. The first kappa shape index (κ1) is 15.5. The molecule has 2 aromatic rings. The third-order valence-electron chi connectivity index (χ3n) is 4.46. The lowest BCUT2D eigenvalue weighted by atomic mass is 9.95. The van der Waals surface area contributed by atoms with Crippen LogP contribution in [-0.4, -0.2) is 12.6 Å². The Bertz CT molecular complexity index is 693. The Morgan fingerprint density at radius 1 is 1.09 bits per heavy atom. The number of hydrogen-bond donors (Lipinski definition) is 2. The van der Waals surface area contributed by atoms with Crippen molar-refractivity contribution in [3.05, 3.63) is 71.0 Å². The van der Waals surface area contributed by atoms with Gasteiger partial charge in [0.2, 0.25) is 0 Å². The zero-order chi connectivity index (χ0) is 16.3. The largest absolute Gasteiger partial charge is 0.337 e. The molecule has 0 saturated heterocycles. The molecule has 0 spiro atoms. The number of rotatable bonds is 5. The van der Waals surface area contributed by atoms with Crippen LogP contribution in [0.2, 0.25) is 0 Å². The van der Waals surface area contributed by atoms with Gasteiger partial charge in [0.25, 0.3) is 0 Å². The molecule has 0 heterocycles. The highest BCUT2D eigenvalue weighted by atomic mass is 19.1. The molecule has 0 unspecified atom stereocenters. The van der Waals surface area contributed by atoms with E-state index < -0.39 is 0 Å². The molecule has 3 rings (SSSR count). The van der Waals surface area contributed by atoms with Crippen LogP contribution in [0.25, 0.3) is 0 Å². The summed E-state index contributed by atoms with van der Waals surface area (Å²) in [6.07, 6.45) is 1.82. The van der Waals surface area contributed by atoms with E-state index >= 15 is 0 Å². The van der Waals surface area contributed by atoms with Crippen molar-refractivity contribution in [3.63, 3.8) is 0 Å². The first-order valence-electron chi connectivity index (χ1n) is 7.91. The summed E-state index contributed by atoms with van der Waals surface area (Å²) in [5.41, 5.74) is 2.73. The van der Waals surface area contributed by atoms with Gasteiger partial charge in [0.15, 0.2) is 0 Å². The third kappa shape index (κ3) is 3.70. The number of benzene rings is 2. The fraction of sp³-hybridized carbons (Fsp3) is 0.316. The smallest absolute Gasteiger partial charge is 0.315 e. The van der Waals surface area contributed by atoms with Crippen LogP contribution in [0.1, 0.15) is 29.5 Å². The summed E-state index contributed by atoms with van der Waals surface area (Å²) in [6, 6.07) is 14.6. The summed E-state index contributed by atoms with van der Waals surface area (Å²) in [7, 11) is 0. The number of aryl methyl sites for hydroxylation is 1. The Morgan fingerprint density at radius 2 is 1.78 bits per heavy atom. The van der Waals surface area contributed by atoms with Crippen LogP contribution in [0.15, 0.2) is 48.5 Å². The molecule has 0 atom stereocenters. The Kier molecular flexibility index (Phi) is 4.33. The van der Waals surface area contributed by atoms with Gasteiger partial charge in [0.05, 0.1) is 0 Å². The van der Waals surface area contributed by atoms with E-state index in [0.717, 1.165) is 18.4 Å². The average Bonchev–Trinajstić information content (AvgIpc) is 3.34. The molecule has 1 aliphatic rings. The molecule has 1 aliphatic carbocycles. The van der Waals surface area contributed by atoms with E-state index in [1.165, 1.54) is 11.6 Å². The third-order valence-corrected chi connectivity index (χ3v) is 4.46. The van der Waals surface area contributed by atoms with Gasteiger partial charge in [-0.15, -0.1) is 0 Å². The van der Waals surface area contributed by atoms with E-state index in [0.29, 0.717) is 18.7 Å². The number of hydrogen-bond acceptors (Lipinski definition) is 1. The summed E-state index contributed by atoms with van der Waals surface area (Å²) in [5.74, 6) is -0.188. The number of halogens is 1. The van der Waals surface area contributed by atoms with Gasteiger partial charge < -0.3 is 10.6 Å². The predicted octanol–water partition coefficient (Wildman–Crippen LogP) is 3.67. The molecule has 23 heavy (non-hydrogen) atoms. The molecule has 2 aromatic carbocycles. The highest BCUT2D eigenvalue weighted by molar-refractivity contribution is 5.74. The van der Waals surface area contributed by atoms with E-state index in [1.807, 2.05) is 43.3 Å². The molecule has 2 N–H and O–H groups in total. The molecular formula is C19H21FN2O. The maximum atomic E-state index is 13.9. The van der Waals surface area contributed by atoms with Crippen molar-refractivity contribution in [1.82, 2.24) is 10.6 Å². The van der Waals surface area contributed by atoms with E-state index in [-0.39, 0.29) is 17.3 Å². The van der Waals surface area contributed by atoms with Crippen molar-refractivity contribution in [2.75, 3.05) is 6.54 Å². The lowest BCUT2D eigenvalue weighted by Crippen LogP contribution is -2.39. The molecule has 3 nitrogen and oxygen atoms in total. The zero-order valence-electron chi connectivity index (χ0n) is 13.2. The lowest BCUT2D eigenvalue weighted by Gasteiger charge is -2.17. The van der Waals surface area contributed by atoms with Crippen molar-refractivity contribution in [3.8, 4) is 0 Å². The van der Waals surface area contributed by atoms with Crippen molar-refractivity contribution in [2.24, 2.45) is 0 Å². The second-order valence-electron chi connectivity index (χ2n) is 6.28. The van der Waals surface area contributed by atoms with Crippen LogP contribution in [0, 0.1) is 12.7 Å². The molecule has 0 radical (unpaired) electrons. The molecule has 0 bridgehead atoms. The minimum Gasteiger partial charge on any atom is -0.337 e. The molecular weight excluding hydrogens is 291 g/mol. The fourth-order valence-corrected chi connectivity index (χ4v) is 2.78. The van der Waals surface area contributed by atoms with Crippen LogP contribution in [0.5, 0.6) is 0 Å². The lowest BCUT2D eigenvalue weighted by molar-refractivity contribution is 0.239. The van der Waals surface area contributed by atoms with Crippen LogP contribution < -0.4 is 10.6 Å². The summed E-state index contributed by atoms with van der Waals surface area (Å²) < 4.78 is 13.9. The first-order chi connectivity index (χ1) is 11.1. The summed E-state index contributed by atoms with van der Waals surface area (Å²) in [4.78, 5) is 12.0. The quantitative estimate of drug-likeness (QED) is 0.869.